The van der Waals surface area contributed by atoms with E-state index in [0.717, 1.165) is 16.5 Å². The van der Waals surface area contributed by atoms with E-state index in [4.69, 9.17) is 11.6 Å². The lowest BCUT2D eigenvalue weighted by Gasteiger charge is -2.34. The topological polar surface area (TPSA) is 107 Å². The summed E-state index contributed by atoms with van der Waals surface area (Å²) in [6.45, 7) is -0.205. The molecule has 4 aromatic rings. The van der Waals surface area contributed by atoms with Crippen LogP contribution in [0.3, 0.4) is 0 Å². The third-order valence-corrected chi connectivity index (χ3v) is 6.42. The van der Waals surface area contributed by atoms with E-state index in [1.165, 1.54) is 11.1 Å². The van der Waals surface area contributed by atoms with Gasteiger partial charge in [0.15, 0.2) is 0 Å². The van der Waals surface area contributed by atoms with Crippen LogP contribution >= 0.6 is 27.5 Å². The van der Waals surface area contributed by atoms with E-state index in [2.05, 4.69) is 36.5 Å². The summed E-state index contributed by atoms with van der Waals surface area (Å²) in [7, 11) is 0. The number of fused-ring (bicyclic) bond motifs is 2. The van der Waals surface area contributed by atoms with Gasteiger partial charge in [0.2, 0.25) is 11.8 Å². The molecule has 3 heterocycles. The number of halogens is 2. The van der Waals surface area contributed by atoms with Crippen molar-refractivity contribution in [3.05, 3.63) is 87.7 Å². The summed E-state index contributed by atoms with van der Waals surface area (Å²) in [5, 5.41) is 6.93. The van der Waals surface area contributed by atoms with Gasteiger partial charge in [-0.2, -0.15) is 0 Å². The summed E-state index contributed by atoms with van der Waals surface area (Å²) >= 11 is 9.30. The molecule has 0 saturated carbocycles. The first-order valence-corrected chi connectivity index (χ1v) is 11.9. The number of aromatic nitrogens is 2. The van der Waals surface area contributed by atoms with Crippen molar-refractivity contribution in [1.82, 2.24) is 15.3 Å². The van der Waals surface area contributed by atoms with Crippen molar-refractivity contribution in [1.29, 1.82) is 0 Å². The van der Waals surface area contributed by atoms with Crippen LogP contribution in [0.5, 0.6) is 0 Å². The van der Waals surface area contributed by atoms with Gasteiger partial charge in [0.1, 0.15) is 22.9 Å². The Morgan fingerprint density at radius 1 is 1.14 bits per heavy atom. The van der Waals surface area contributed by atoms with Crippen LogP contribution in [0.15, 0.2) is 71.5 Å². The van der Waals surface area contributed by atoms with E-state index >= 15 is 0 Å². The van der Waals surface area contributed by atoms with Crippen LogP contribution in [0.2, 0.25) is 5.02 Å². The maximum atomic E-state index is 13.4. The first-order valence-electron chi connectivity index (χ1n) is 10.8. The standard InChI is InChI=1S/C25H19BrClN5O3/c26-22-8-6-17(12-28-22)29-23(33)13-32-21-4-2-1-3-14(21)10-20(25(32)35)31-24(34)19-11-15-9-16(27)5-7-18(15)30-19/h1-9,11-12,20,30H,10,13H2,(H,29,33)(H,31,34). The SMILES string of the molecule is O=C(CN1C(=O)C(NC(=O)c2cc3cc(Cl)ccc3[nH]2)Cc2ccccc21)Nc1ccc(Br)nc1. The number of nitrogens with zero attached hydrogens (tertiary/aromatic N) is 2. The van der Waals surface area contributed by atoms with Crippen LogP contribution in [0.4, 0.5) is 11.4 Å². The number of para-hydroxylation sites is 1. The lowest BCUT2D eigenvalue weighted by Crippen LogP contribution is -2.54. The minimum absolute atomic E-state index is 0.205. The smallest absolute Gasteiger partial charge is 0.268 e. The summed E-state index contributed by atoms with van der Waals surface area (Å²) < 4.78 is 0.646. The average Bonchev–Trinajstić information content (AvgIpc) is 3.26. The Bertz CT molecular complexity index is 1450. The number of rotatable bonds is 5. The van der Waals surface area contributed by atoms with E-state index in [-0.39, 0.29) is 18.4 Å². The van der Waals surface area contributed by atoms with Gasteiger partial charge in [0, 0.05) is 28.0 Å². The average molecular weight is 553 g/mol. The van der Waals surface area contributed by atoms with Gasteiger partial charge in [0.05, 0.1) is 11.9 Å². The molecule has 10 heteroatoms. The summed E-state index contributed by atoms with van der Waals surface area (Å²) in [5.74, 6) is -1.16. The molecule has 176 valence electrons. The molecule has 0 fully saturated rings. The summed E-state index contributed by atoms with van der Waals surface area (Å²) in [4.78, 5) is 47.7. The third kappa shape index (κ3) is 4.91. The highest BCUT2D eigenvalue weighted by Crippen LogP contribution is 2.28. The molecule has 35 heavy (non-hydrogen) atoms. The number of nitrogens with one attached hydrogen (secondary N) is 3. The Kier molecular flexibility index (Phi) is 6.27. The zero-order valence-corrected chi connectivity index (χ0v) is 20.6. The molecule has 1 unspecified atom stereocenters. The molecule has 0 radical (unpaired) electrons. The van der Waals surface area contributed by atoms with E-state index in [9.17, 15) is 14.4 Å². The Morgan fingerprint density at radius 2 is 1.97 bits per heavy atom. The molecular weight excluding hydrogens is 534 g/mol. The number of H-pyrrole nitrogens is 1. The van der Waals surface area contributed by atoms with Crippen LogP contribution in [-0.4, -0.2) is 40.3 Å². The van der Waals surface area contributed by atoms with Crippen molar-refractivity contribution in [3.63, 3.8) is 0 Å². The van der Waals surface area contributed by atoms with Crippen molar-refractivity contribution in [2.75, 3.05) is 16.8 Å². The van der Waals surface area contributed by atoms with Gasteiger partial charge in [-0.15, -0.1) is 0 Å². The minimum Gasteiger partial charge on any atom is -0.351 e. The summed E-state index contributed by atoms with van der Waals surface area (Å²) in [5.41, 5.74) is 3.10. The number of hydrogen-bond donors (Lipinski definition) is 3. The normalized spacial score (nSPS) is 15.1. The zero-order chi connectivity index (χ0) is 24.5. The molecule has 1 atom stereocenters. The number of carbonyl (C=O) groups excluding carboxylic acids is 3. The maximum Gasteiger partial charge on any atom is 0.268 e. The fraction of sp³-hybridized carbons (Fsp3) is 0.120. The predicted molar refractivity (Wildman–Crippen MR) is 138 cm³/mol. The van der Waals surface area contributed by atoms with Gasteiger partial charge in [-0.05, 0) is 64.0 Å². The molecule has 0 aliphatic carbocycles. The molecule has 1 aliphatic heterocycles. The van der Waals surface area contributed by atoms with Gasteiger partial charge < -0.3 is 20.5 Å². The molecule has 3 N–H and O–H groups in total. The molecule has 5 rings (SSSR count). The Morgan fingerprint density at radius 3 is 2.77 bits per heavy atom. The second kappa shape index (κ2) is 9.52. The number of pyridine rings is 1. The molecule has 0 bridgehead atoms. The summed E-state index contributed by atoms with van der Waals surface area (Å²) in [6.07, 6.45) is 1.84. The predicted octanol–water partition coefficient (Wildman–Crippen LogP) is 4.31. The third-order valence-electron chi connectivity index (χ3n) is 5.72. The minimum atomic E-state index is -0.824. The van der Waals surface area contributed by atoms with Gasteiger partial charge in [-0.3, -0.25) is 14.4 Å². The second-order valence-corrected chi connectivity index (χ2v) is 9.36. The van der Waals surface area contributed by atoms with Crippen molar-refractivity contribution in [3.8, 4) is 0 Å². The number of hydrogen-bond acceptors (Lipinski definition) is 4. The molecular formula is C25H19BrClN5O3. The number of carbonyl (C=O) groups is 3. The lowest BCUT2D eigenvalue weighted by atomic mass is 9.97. The first kappa shape index (κ1) is 23.1. The molecule has 8 nitrogen and oxygen atoms in total. The van der Waals surface area contributed by atoms with E-state index in [0.29, 0.717) is 33.1 Å². The molecule has 0 saturated heterocycles. The Hall–Kier alpha value is -3.69. The van der Waals surface area contributed by atoms with E-state index < -0.39 is 11.9 Å². The highest BCUT2D eigenvalue weighted by molar-refractivity contribution is 9.10. The number of anilines is 2. The quantitative estimate of drug-likeness (QED) is 0.321. The number of amides is 3. The first-order chi connectivity index (χ1) is 16.9. The second-order valence-electron chi connectivity index (χ2n) is 8.12. The molecule has 2 aromatic heterocycles. The molecule has 3 amide bonds. The van der Waals surface area contributed by atoms with Gasteiger partial charge >= 0.3 is 0 Å². The summed E-state index contributed by atoms with van der Waals surface area (Å²) in [6, 6.07) is 16.9. The Labute approximate surface area is 213 Å². The fourth-order valence-electron chi connectivity index (χ4n) is 4.09. The van der Waals surface area contributed by atoms with Gasteiger partial charge in [-0.1, -0.05) is 29.8 Å². The van der Waals surface area contributed by atoms with E-state index in [1.807, 2.05) is 18.2 Å². The lowest BCUT2D eigenvalue weighted by molar-refractivity contribution is -0.123. The van der Waals surface area contributed by atoms with Crippen LogP contribution in [0.1, 0.15) is 16.1 Å². The van der Waals surface area contributed by atoms with Crippen LogP contribution < -0.4 is 15.5 Å². The molecule has 1 aliphatic rings. The van der Waals surface area contributed by atoms with Gasteiger partial charge in [0.25, 0.3) is 5.91 Å². The van der Waals surface area contributed by atoms with E-state index in [1.54, 1.807) is 42.5 Å². The molecule has 0 spiro atoms. The van der Waals surface area contributed by atoms with Crippen LogP contribution in [-0.2, 0) is 16.0 Å². The number of benzene rings is 2. The maximum absolute atomic E-state index is 13.4. The fourth-order valence-corrected chi connectivity index (χ4v) is 4.51. The Balaban J connectivity index is 1.35. The highest BCUT2D eigenvalue weighted by atomic mass is 79.9. The van der Waals surface area contributed by atoms with Crippen LogP contribution in [0.25, 0.3) is 10.9 Å². The zero-order valence-electron chi connectivity index (χ0n) is 18.2. The van der Waals surface area contributed by atoms with Crippen molar-refractivity contribution in [2.45, 2.75) is 12.5 Å². The largest absolute Gasteiger partial charge is 0.351 e. The van der Waals surface area contributed by atoms with Crippen molar-refractivity contribution in [2.24, 2.45) is 0 Å². The number of aromatic amines is 1. The molecule has 2 aromatic carbocycles. The van der Waals surface area contributed by atoms with Gasteiger partial charge in [-0.25, -0.2) is 4.98 Å². The van der Waals surface area contributed by atoms with Crippen molar-refractivity contribution >= 4 is 67.5 Å². The van der Waals surface area contributed by atoms with Crippen LogP contribution in [0, 0.1) is 0 Å². The van der Waals surface area contributed by atoms with Crippen molar-refractivity contribution < 1.29 is 14.4 Å². The highest BCUT2D eigenvalue weighted by Gasteiger charge is 2.35. The monoisotopic (exact) mass is 551 g/mol.